The molecule has 0 aromatic carbocycles. The molecule has 1 N–H and O–H groups in total. The van der Waals surface area contributed by atoms with E-state index in [0.29, 0.717) is 0 Å². The van der Waals surface area contributed by atoms with Crippen LogP contribution in [-0.2, 0) is 5.38 Å². The molecule has 1 aromatic heterocycles. The minimum Gasteiger partial charge on any atom is -0.257 e. The zero-order valence-electron chi connectivity index (χ0n) is 4.11. The number of nitrogens with one attached hydrogen (secondary N) is 1. The predicted molar refractivity (Wildman–Crippen MR) is 26.1 cm³/mol. The summed E-state index contributed by atoms with van der Waals surface area (Å²) in [5.41, 5.74) is 0. The molecule has 1 heterocycles. The minimum absolute atomic E-state index is 0.635. The maximum atomic E-state index is 11.9. The van der Waals surface area contributed by atoms with Crippen molar-refractivity contribution in [2.45, 2.75) is 5.38 Å². The molecule has 1 aromatic rings. The molecule has 0 saturated carbocycles. The molecule has 0 unspecified atom stereocenters. The van der Waals surface area contributed by atoms with E-state index in [2.05, 4.69) is 21.7 Å². The van der Waals surface area contributed by atoms with Gasteiger partial charge in [0.05, 0.1) is 0 Å². The van der Waals surface area contributed by atoms with Crippen LogP contribution >= 0.6 is 11.6 Å². The molecule has 0 aliphatic rings. The lowest BCUT2D eigenvalue weighted by molar-refractivity contribution is 0.0849. The lowest BCUT2D eigenvalue weighted by atomic mass is 10.7. The van der Waals surface area contributed by atoms with E-state index in [-0.39, 0.29) is 0 Å². The number of nitrogens with zero attached hydrogens (tertiary/aromatic N) is 2. The Hall–Kier alpha value is -0.710. The second kappa shape index (κ2) is 1.91. The van der Waals surface area contributed by atoms with Crippen LogP contribution in [0.25, 0.3) is 0 Å². The Labute approximate surface area is 54.0 Å². The van der Waals surface area contributed by atoms with Gasteiger partial charge in [-0.15, -0.1) is 0 Å². The van der Waals surface area contributed by atoms with Gasteiger partial charge in [-0.3, -0.25) is 5.10 Å². The number of aromatic nitrogens is 3. The number of aromatic amines is 1. The summed E-state index contributed by atoms with van der Waals surface area (Å²) in [5, 5.41) is 1.69. The molecule has 1 rings (SSSR count). The molecule has 50 valence electrons. The molecule has 0 aliphatic heterocycles. The third kappa shape index (κ3) is 1.35. The molecule has 0 aliphatic carbocycles. The largest absolute Gasteiger partial charge is 0.381 e. The van der Waals surface area contributed by atoms with E-state index in [0.717, 1.165) is 6.33 Å². The van der Waals surface area contributed by atoms with Crippen molar-refractivity contribution in [1.29, 1.82) is 0 Å². The highest BCUT2D eigenvalue weighted by molar-refractivity contribution is 6.21. The summed E-state index contributed by atoms with van der Waals surface area (Å²) < 4.78 is 23.8. The highest BCUT2D eigenvalue weighted by Crippen LogP contribution is 2.28. The second-order valence-corrected chi connectivity index (χ2v) is 1.81. The van der Waals surface area contributed by atoms with Gasteiger partial charge < -0.3 is 0 Å². The first-order chi connectivity index (χ1) is 4.11. The van der Waals surface area contributed by atoms with Crippen LogP contribution in [0.1, 0.15) is 5.82 Å². The zero-order chi connectivity index (χ0) is 6.91. The van der Waals surface area contributed by atoms with Gasteiger partial charge in [0.25, 0.3) is 0 Å². The third-order valence-corrected chi connectivity index (χ3v) is 0.863. The van der Waals surface area contributed by atoms with Gasteiger partial charge >= 0.3 is 5.38 Å². The topological polar surface area (TPSA) is 41.6 Å². The summed E-state index contributed by atoms with van der Waals surface area (Å²) in [7, 11) is 0. The highest BCUT2D eigenvalue weighted by atomic mass is 35.5. The number of alkyl halides is 3. The molecule has 0 amide bonds. The van der Waals surface area contributed by atoms with Gasteiger partial charge in [-0.2, -0.15) is 13.9 Å². The SMILES string of the molecule is FC(F)(Cl)c1ncn[nH]1. The van der Waals surface area contributed by atoms with Gasteiger partial charge in [0.1, 0.15) is 6.33 Å². The van der Waals surface area contributed by atoms with E-state index in [1.807, 2.05) is 5.10 Å². The normalized spacial score (nSPS) is 11.9. The first-order valence-electron chi connectivity index (χ1n) is 2.03. The van der Waals surface area contributed by atoms with Crippen molar-refractivity contribution in [3.63, 3.8) is 0 Å². The van der Waals surface area contributed by atoms with E-state index in [4.69, 9.17) is 0 Å². The highest BCUT2D eigenvalue weighted by Gasteiger charge is 2.31. The van der Waals surface area contributed by atoms with E-state index in [9.17, 15) is 8.78 Å². The minimum atomic E-state index is -3.43. The molecule has 0 atom stereocenters. The molecule has 0 fully saturated rings. The standard InChI is InChI=1S/C3H2ClF2N3/c4-3(5,6)2-7-1-8-9-2/h1H,(H,7,8,9). The number of rotatable bonds is 1. The average Bonchev–Trinajstić information content (AvgIpc) is 2.08. The Morgan fingerprint density at radius 2 is 2.33 bits per heavy atom. The van der Waals surface area contributed by atoms with Crippen molar-refractivity contribution in [2.75, 3.05) is 0 Å². The third-order valence-electron chi connectivity index (χ3n) is 0.684. The quantitative estimate of drug-likeness (QED) is 0.614. The molecular formula is C3H2ClF2N3. The number of hydrogen-bond acceptors (Lipinski definition) is 2. The summed E-state index contributed by atoms with van der Waals surface area (Å²) in [6.07, 6.45) is 0.964. The Morgan fingerprint density at radius 1 is 1.67 bits per heavy atom. The molecule has 6 heteroatoms. The van der Waals surface area contributed by atoms with Crippen LogP contribution in [-0.4, -0.2) is 15.2 Å². The summed E-state index contributed by atoms with van der Waals surface area (Å²) >= 11 is 4.53. The van der Waals surface area contributed by atoms with Gasteiger partial charge in [0, 0.05) is 0 Å². The molecule has 0 spiro atoms. The molecule has 0 radical (unpaired) electrons. The van der Waals surface area contributed by atoms with Crippen molar-refractivity contribution in [3.05, 3.63) is 12.2 Å². The average molecular weight is 154 g/mol. The molecular weight excluding hydrogens is 152 g/mol. The fourth-order valence-electron chi connectivity index (χ4n) is 0.342. The fourth-order valence-corrected chi connectivity index (χ4v) is 0.433. The molecule has 3 nitrogen and oxygen atoms in total. The van der Waals surface area contributed by atoms with Crippen LogP contribution in [0.15, 0.2) is 6.33 Å². The summed E-state index contributed by atoms with van der Waals surface area (Å²) in [6.45, 7) is 0. The number of H-pyrrole nitrogens is 1. The zero-order valence-corrected chi connectivity index (χ0v) is 4.86. The van der Waals surface area contributed by atoms with E-state index in [1.54, 1.807) is 0 Å². The monoisotopic (exact) mass is 153 g/mol. The summed E-state index contributed by atoms with van der Waals surface area (Å²) in [4.78, 5) is 3.14. The van der Waals surface area contributed by atoms with Crippen LogP contribution in [0.3, 0.4) is 0 Å². The van der Waals surface area contributed by atoms with E-state index >= 15 is 0 Å². The van der Waals surface area contributed by atoms with Crippen LogP contribution in [0.4, 0.5) is 8.78 Å². The second-order valence-electron chi connectivity index (χ2n) is 1.33. The maximum Gasteiger partial charge on any atom is 0.381 e. The van der Waals surface area contributed by atoms with Crippen molar-refractivity contribution < 1.29 is 8.78 Å². The van der Waals surface area contributed by atoms with Gasteiger partial charge in [-0.25, -0.2) is 4.98 Å². The van der Waals surface area contributed by atoms with E-state index < -0.39 is 11.2 Å². The van der Waals surface area contributed by atoms with Crippen molar-refractivity contribution in [1.82, 2.24) is 15.2 Å². The van der Waals surface area contributed by atoms with Gasteiger partial charge in [0.15, 0.2) is 0 Å². The lowest BCUT2D eigenvalue weighted by Gasteiger charge is -1.99. The predicted octanol–water partition coefficient (Wildman–Crippen LogP) is 1.09. The van der Waals surface area contributed by atoms with Crippen LogP contribution in [0, 0.1) is 0 Å². The first kappa shape index (κ1) is 6.41. The van der Waals surface area contributed by atoms with Crippen LogP contribution in [0.5, 0.6) is 0 Å². The molecule has 0 bridgehead atoms. The lowest BCUT2D eigenvalue weighted by Crippen LogP contribution is -2.05. The van der Waals surface area contributed by atoms with Gasteiger partial charge in [0.2, 0.25) is 5.82 Å². The Kier molecular flexibility index (Phi) is 1.36. The summed E-state index contributed by atoms with van der Waals surface area (Å²) in [5.74, 6) is -0.635. The van der Waals surface area contributed by atoms with Crippen molar-refractivity contribution in [3.8, 4) is 0 Å². The Morgan fingerprint density at radius 3 is 2.56 bits per heavy atom. The maximum absolute atomic E-state index is 11.9. The van der Waals surface area contributed by atoms with Crippen molar-refractivity contribution in [2.24, 2.45) is 0 Å². The van der Waals surface area contributed by atoms with Crippen LogP contribution in [0.2, 0.25) is 0 Å². The number of hydrogen-bond donors (Lipinski definition) is 1. The first-order valence-corrected chi connectivity index (χ1v) is 2.41. The van der Waals surface area contributed by atoms with Crippen molar-refractivity contribution >= 4 is 11.6 Å². The van der Waals surface area contributed by atoms with Gasteiger partial charge in [-0.05, 0) is 11.6 Å². The molecule has 0 saturated heterocycles. The fraction of sp³-hybridized carbons (Fsp3) is 0.333. The number of halogens is 3. The summed E-state index contributed by atoms with van der Waals surface area (Å²) in [6, 6.07) is 0. The Balaban J connectivity index is 2.90. The molecule has 9 heavy (non-hydrogen) atoms. The smallest absolute Gasteiger partial charge is 0.257 e. The van der Waals surface area contributed by atoms with Gasteiger partial charge in [-0.1, -0.05) is 0 Å². The van der Waals surface area contributed by atoms with E-state index in [1.165, 1.54) is 0 Å². The Bertz CT molecular complexity index is 179. The van der Waals surface area contributed by atoms with Crippen LogP contribution < -0.4 is 0 Å².